The molecular weight excluding hydrogens is 404 g/mol. The number of nitrogens with zero attached hydrogens (tertiary/aromatic N) is 5. The van der Waals surface area contributed by atoms with Crippen LogP contribution < -0.4 is 4.90 Å². The van der Waals surface area contributed by atoms with Gasteiger partial charge in [0.25, 0.3) is 5.91 Å². The first kappa shape index (κ1) is 20.8. The highest BCUT2D eigenvalue weighted by molar-refractivity contribution is 7.90. The first-order chi connectivity index (χ1) is 14.3. The van der Waals surface area contributed by atoms with Crippen LogP contribution in [0.2, 0.25) is 0 Å². The van der Waals surface area contributed by atoms with Gasteiger partial charge in [0.2, 0.25) is 5.95 Å². The lowest BCUT2D eigenvalue weighted by molar-refractivity contribution is 0.0710. The topological polar surface area (TPSA) is 112 Å². The predicted molar refractivity (Wildman–Crippen MR) is 112 cm³/mol. The van der Waals surface area contributed by atoms with E-state index in [0.29, 0.717) is 43.1 Å². The molecular formula is C20H28N6O3S. The second-order valence-corrected chi connectivity index (χ2v) is 10.2. The van der Waals surface area contributed by atoms with Crippen molar-refractivity contribution in [2.45, 2.75) is 49.8 Å². The first-order valence-corrected chi connectivity index (χ1v) is 12.3. The molecule has 2 aromatic heterocycles. The van der Waals surface area contributed by atoms with E-state index in [4.69, 9.17) is 4.98 Å². The van der Waals surface area contributed by atoms with Gasteiger partial charge >= 0.3 is 0 Å². The van der Waals surface area contributed by atoms with Crippen LogP contribution in [0, 0.1) is 6.92 Å². The summed E-state index contributed by atoms with van der Waals surface area (Å²) in [6, 6.07) is 0. The lowest BCUT2D eigenvalue weighted by Gasteiger charge is -2.33. The molecule has 0 unspecified atom stereocenters. The van der Waals surface area contributed by atoms with Crippen molar-refractivity contribution < 1.29 is 13.2 Å². The Hall–Kier alpha value is -2.49. The number of aryl methyl sites for hydroxylation is 1. The highest BCUT2D eigenvalue weighted by Gasteiger charge is 2.31. The smallest absolute Gasteiger partial charge is 0.257 e. The van der Waals surface area contributed by atoms with Gasteiger partial charge < -0.3 is 9.80 Å². The first-order valence-electron chi connectivity index (χ1n) is 10.5. The number of piperidine rings is 2. The van der Waals surface area contributed by atoms with E-state index in [1.165, 1.54) is 18.9 Å². The van der Waals surface area contributed by atoms with Crippen molar-refractivity contribution in [3.05, 3.63) is 29.3 Å². The molecule has 0 spiro atoms. The molecule has 0 radical (unpaired) electrons. The summed E-state index contributed by atoms with van der Waals surface area (Å²) in [6.45, 7) is 4.73. The van der Waals surface area contributed by atoms with Crippen molar-refractivity contribution in [3.8, 4) is 0 Å². The van der Waals surface area contributed by atoms with E-state index in [1.807, 2.05) is 6.92 Å². The third kappa shape index (κ3) is 4.19. The Morgan fingerprint density at radius 3 is 2.40 bits per heavy atom. The molecule has 0 saturated carbocycles. The minimum atomic E-state index is -3.44. The second kappa shape index (κ2) is 8.33. The Labute approximate surface area is 176 Å². The van der Waals surface area contributed by atoms with Gasteiger partial charge in [-0.15, -0.1) is 0 Å². The number of rotatable bonds is 4. The normalized spacial score (nSPS) is 18.6. The van der Waals surface area contributed by atoms with Crippen LogP contribution in [-0.2, 0) is 9.84 Å². The molecule has 10 heteroatoms. The molecule has 2 aromatic rings. The number of hydrogen-bond donors (Lipinski definition) is 1. The number of aromatic nitrogens is 4. The largest absolute Gasteiger partial charge is 0.341 e. The number of H-pyrrole nitrogens is 1. The van der Waals surface area contributed by atoms with Crippen molar-refractivity contribution in [1.82, 2.24) is 25.1 Å². The molecule has 1 N–H and O–H groups in total. The van der Waals surface area contributed by atoms with E-state index >= 15 is 0 Å². The van der Waals surface area contributed by atoms with Crippen molar-refractivity contribution in [2.24, 2.45) is 0 Å². The minimum Gasteiger partial charge on any atom is -0.341 e. The molecule has 0 atom stereocenters. The fourth-order valence-electron chi connectivity index (χ4n) is 4.29. The maximum absolute atomic E-state index is 12.7. The summed E-state index contributed by atoms with van der Waals surface area (Å²) in [4.78, 5) is 26.0. The maximum Gasteiger partial charge on any atom is 0.257 e. The van der Waals surface area contributed by atoms with Gasteiger partial charge in [-0.1, -0.05) is 0 Å². The molecule has 0 aromatic carbocycles. The Morgan fingerprint density at radius 1 is 1.10 bits per heavy atom. The Bertz CT molecular complexity index is 1020. The van der Waals surface area contributed by atoms with Gasteiger partial charge in [-0.3, -0.25) is 9.89 Å². The standard InChI is InChI=1S/C20H28N6O3S/c1-14-16(12-22-24-14)19(27)25-10-6-15(7-11-25)18-17(30(2,28)29)13-21-20(23-18)26-8-4-3-5-9-26/h12-13,15H,3-11H2,1-2H3,(H,22,24). The lowest BCUT2D eigenvalue weighted by Crippen LogP contribution is -2.38. The molecule has 2 aliphatic heterocycles. The maximum atomic E-state index is 12.7. The van der Waals surface area contributed by atoms with Gasteiger partial charge in [0, 0.05) is 44.0 Å². The van der Waals surface area contributed by atoms with E-state index in [-0.39, 0.29) is 16.7 Å². The minimum absolute atomic E-state index is 0.0178. The van der Waals surface area contributed by atoms with Crippen LogP contribution in [0.5, 0.6) is 0 Å². The molecule has 30 heavy (non-hydrogen) atoms. The van der Waals surface area contributed by atoms with E-state index in [0.717, 1.165) is 31.6 Å². The average molecular weight is 433 g/mol. The Kier molecular flexibility index (Phi) is 5.77. The molecule has 0 bridgehead atoms. The van der Waals surface area contributed by atoms with Crippen molar-refractivity contribution in [3.63, 3.8) is 0 Å². The highest BCUT2D eigenvalue weighted by atomic mass is 32.2. The fourth-order valence-corrected chi connectivity index (χ4v) is 5.13. The van der Waals surface area contributed by atoms with Gasteiger partial charge in [0.1, 0.15) is 4.90 Å². The molecule has 9 nitrogen and oxygen atoms in total. The van der Waals surface area contributed by atoms with E-state index < -0.39 is 9.84 Å². The fraction of sp³-hybridized carbons (Fsp3) is 0.600. The molecule has 4 rings (SSSR count). The number of carbonyl (C=O) groups is 1. The SMILES string of the molecule is Cc1[nH]ncc1C(=O)N1CCC(c2nc(N3CCCCC3)ncc2S(C)(=O)=O)CC1. The number of carbonyl (C=O) groups excluding carboxylic acids is 1. The Balaban J connectivity index is 1.55. The van der Waals surface area contributed by atoms with Crippen LogP contribution in [0.1, 0.15) is 59.8 Å². The molecule has 2 aliphatic rings. The lowest BCUT2D eigenvalue weighted by atomic mass is 9.93. The molecule has 1 amide bonds. The molecule has 2 fully saturated rings. The monoisotopic (exact) mass is 432 g/mol. The number of anilines is 1. The van der Waals surface area contributed by atoms with Crippen molar-refractivity contribution in [1.29, 1.82) is 0 Å². The zero-order valence-electron chi connectivity index (χ0n) is 17.5. The predicted octanol–water partition coefficient (Wildman–Crippen LogP) is 1.92. The number of sulfone groups is 1. The third-order valence-electron chi connectivity index (χ3n) is 6.04. The summed E-state index contributed by atoms with van der Waals surface area (Å²) in [6.07, 6.45) is 8.96. The van der Waals surface area contributed by atoms with Gasteiger partial charge in [-0.05, 0) is 39.0 Å². The zero-order chi connectivity index (χ0) is 21.3. The number of nitrogens with one attached hydrogen (secondary N) is 1. The second-order valence-electron chi connectivity index (χ2n) is 8.21. The molecule has 162 valence electrons. The van der Waals surface area contributed by atoms with Crippen LogP contribution >= 0.6 is 0 Å². The zero-order valence-corrected chi connectivity index (χ0v) is 18.3. The van der Waals surface area contributed by atoms with Crippen LogP contribution in [0.4, 0.5) is 5.95 Å². The quantitative estimate of drug-likeness (QED) is 0.785. The summed E-state index contributed by atoms with van der Waals surface area (Å²) in [5, 5.41) is 6.73. The van der Waals surface area contributed by atoms with Crippen LogP contribution in [0.25, 0.3) is 0 Å². The van der Waals surface area contributed by atoms with Crippen LogP contribution in [0.3, 0.4) is 0 Å². The summed E-state index contributed by atoms with van der Waals surface area (Å²) < 4.78 is 24.8. The van der Waals surface area contributed by atoms with Gasteiger partial charge in [-0.2, -0.15) is 5.10 Å². The highest BCUT2D eigenvalue weighted by Crippen LogP contribution is 2.33. The van der Waals surface area contributed by atoms with E-state index in [2.05, 4.69) is 20.1 Å². The number of amides is 1. The summed E-state index contributed by atoms with van der Waals surface area (Å²) in [5.74, 6) is 0.556. The summed E-state index contributed by atoms with van der Waals surface area (Å²) in [5.41, 5.74) is 1.93. The van der Waals surface area contributed by atoms with Crippen LogP contribution in [-0.4, -0.2) is 71.8 Å². The summed E-state index contributed by atoms with van der Waals surface area (Å²) in [7, 11) is -3.44. The van der Waals surface area contributed by atoms with Gasteiger partial charge in [0.15, 0.2) is 9.84 Å². The number of hydrogen-bond acceptors (Lipinski definition) is 7. The van der Waals surface area contributed by atoms with E-state index in [9.17, 15) is 13.2 Å². The number of aromatic amines is 1. The molecule has 2 saturated heterocycles. The third-order valence-corrected chi connectivity index (χ3v) is 7.15. The van der Waals surface area contributed by atoms with Crippen LogP contribution in [0.15, 0.2) is 17.3 Å². The van der Waals surface area contributed by atoms with Gasteiger partial charge in [0.05, 0.1) is 23.7 Å². The Morgan fingerprint density at radius 2 is 1.80 bits per heavy atom. The molecule has 0 aliphatic carbocycles. The van der Waals surface area contributed by atoms with Crippen molar-refractivity contribution in [2.75, 3.05) is 37.3 Å². The van der Waals surface area contributed by atoms with Crippen molar-refractivity contribution >= 4 is 21.7 Å². The number of likely N-dealkylation sites (tertiary alicyclic amines) is 1. The van der Waals surface area contributed by atoms with Gasteiger partial charge in [-0.25, -0.2) is 18.4 Å². The molecule has 4 heterocycles. The average Bonchev–Trinajstić information content (AvgIpc) is 3.19. The summed E-state index contributed by atoms with van der Waals surface area (Å²) >= 11 is 0. The van der Waals surface area contributed by atoms with E-state index in [1.54, 1.807) is 11.1 Å².